The third kappa shape index (κ3) is 6.36. The monoisotopic (exact) mass is 406 g/mol. The summed E-state index contributed by atoms with van der Waals surface area (Å²) in [4.78, 5) is 36.7. The minimum atomic E-state index is -1.13. The minimum absolute atomic E-state index is 0.0274. The van der Waals surface area contributed by atoms with Gasteiger partial charge in [0.2, 0.25) is 5.91 Å². The van der Waals surface area contributed by atoms with E-state index in [2.05, 4.69) is 0 Å². The molecule has 0 saturated heterocycles. The number of hydrogen-bond acceptors (Lipinski definition) is 6. The van der Waals surface area contributed by atoms with Crippen molar-refractivity contribution in [1.29, 1.82) is 0 Å². The summed E-state index contributed by atoms with van der Waals surface area (Å²) in [6.07, 6.45) is 0.288. The Bertz CT molecular complexity index is 809. The average Bonchev–Trinajstić information content (AvgIpc) is 3.16. The van der Waals surface area contributed by atoms with Gasteiger partial charge in [0.05, 0.1) is 13.2 Å². The van der Waals surface area contributed by atoms with E-state index in [0.717, 1.165) is 4.88 Å². The molecule has 1 aromatic carbocycles. The Morgan fingerprint density at radius 1 is 1.11 bits per heavy atom. The van der Waals surface area contributed by atoms with Crippen molar-refractivity contribution in [3.63, 3.8) is 0 Å². The van der Waals surface area contributed by atoms with Crippen molar-refractivity contribution in [2.45, 2.75) is 25.4 Å². The van der Waals surface area contributed by atoms with Crippen LogP contribution in [0.25, 0.3) is 0 Å². The molecule has 1 amide bonds. The smallest absolute Gasteiger partial charge is 0.323 e. The standard InChI is InChI=1S/C19H22N2O6S/c20-18(14-6-1-2-7-15(14)27-9-3-8-16(22)23)19(26)21(12-17(24)25)11-13-5-4-10-28-13/h1-2,4-7,10,18H,3,8-9,11-12,20H2,(H,22,23)(H,24,25)/t18-/m1/s1. The van der Waals surface area contributed by atoms with E-state index >= 15 is 0 Å². The lowest BCUT2D eigenvalue weighted by molar-refractivity contribution is -0.145. The van der Waals surface area contributed by atoms with Crippen LogP contribution in [0.4, 0.5) is 0 Å². The summed E-state index contributed by atoms with van der Waals surface area (Å²) in [5, 5.41) is 19.7. The van der Waals surface area contributed by atoms with Gasteiger partial charge in [0, 0.05) is 16.9 Å². The number of amides is 1. The lowest BCUT2D eigenvalue weighted by atomic mass is 10.0. The second kappa shape index (κ2) is 10.4. The van der Waals surface area contributed by atoms with Gasteiger partial charge in [0.15, 0.2) is 0 Å². The maximum Gasteiger partial charge on any atom is 0.323 e. The molecule has 2 aromatic rings. The molecule has 9 heteroatoms. The number of para-hydroxylation sites is 1. The number of hydrogen-bond donors (Lipinski definition) is 3. The zero-order valence-corrected chi connectivity index (χ0v) is 15.9. The Labute approximate surface area is 166 Å². The zero-order chi connectivity index (χ0) is 20.5. The number of nitrogens with zero attached hydrogens (tertiary/aromatic N) is 1. The minimum Gasteiger partial charge on any atom is -0.493 e. The largest absolute Gasteiger partial charge is 0.493 e. The fourth-order valence-electron chi connectivity index (χ4n) is 2.57. The zero-order valence-electron chi connectivity index (χ0n) is 15.1. The molecular formula is C19H22N2O6S. The van der Waals surface area contributed by atoms with E-state index in [1.165, 1.54) is 16.2 Å². The molecule has 0 unspecified atom stereocenters. The third-order valence-electron chi connectivity index (χ3n) is 3.88. The number of thiophene rings is 1. The van der Waals surface area contributed by atoms with Crippen molar-refractivity contribution >= 4 is 29.2 Å². The van der Waals surface area contributed by atoms with Crippen molar-refractivity contribution in [2.75, 3.05) is 13.2 Å². The summed E-state index contributed by atoms with van der Waals surface area (Å²) in [5.41, 5.74) is 6.56. The fraction of sp³-hybridized carbons (Fsp3) is 0.316. The molecule has 4 N–H and O–H groups in total. The highest BCUT2D eigenvalue weighted by Gasteiger charge is 2.27. The van der Waals surface area contributed by atoms with Gasteiger partial charge in [-0.3, -0.25) is 14.4 Å². The van der Waals surface area contributed by atoms with Gasteiger partial charge in [-0.25, -0.2) is 0 Å². The normalized spacial score (nSPS) is 11.6. The topological polar surface area (TPSA) is 130 Å². The highest BCUT2D eigenvalue weighted by molar-refractivity contribution is 7.09. The molecule has 1 aromatic heterocycles. The van der Waals surface area contributed by atoms with Crippen LogP contribution in [0.2, 0.25) is 0 Å². The molecule has 0 radical (unpaired) electrons. The lowest BCUT2D eigenvalue weighted by Gasteiger charge is -2.25. The maximum absolute atomic E-state index is 12.9. The number of rotatable bonds is 11. The quantitative estimate of drug-likeness (QED) is 0.487. The first-order chi connectivity index (χ1) is 13.4. The first kappa shape index (κ1) is 21.4. The second-order valence-electron chi connectivity index (χ2n) is 6.03. The lowest BCUT2D eigenvalue weighted by Crippen LogP contribution is -2.41. The van der Waals surface area contributed by atoms with E-state index in [0.29, 0.717) is 17.7 Å². The SMILES string of the molecule is N[C@@H](C(=O)N(CC(=O)O)Cc1cccs1)c1ccccc1OCCCC(=O)O. The number of aliphatic carboxylic acids is 2. The molecule has 150 valence electrons. The van der Waals surface area contributed by atoms with E-state index in [1.807, 2.05) is 17.5 Å². The maximum atomic E-state index is 12.9. The Hall–Kier alpha value is -2.91. The number of carboxylic acid groups (broad SMARTS) is 2. The summed E-state index contributed by atoms with van der Waals surface area (Å²) in [6.45, 7) is -0.150. The van der Waals surface area contributed by atoms with Crippen LogP contribution in [0, 0.1) is 0 Å². The molecule has 0 aliphatic carbocycles. The van der Waals surface area contributed by atoms with E-state index in [1.54, 1.807) is 24.3 Å². The van der Waals surface area contributed by atoms with Crippen LogP contribution >= 0.6 is 11.3 Å². The first-order valence-electron chi connectivity index (χ1n) is 8.60. The number of carboxylic acids is 2. The Balaban J connectivity index is 2.13. The molecule has 0 spiro atoms. The van der Waals surface area contributed by atoms with Crippen molar-refractivity contribution in [1.82, 2.24) is 4.90 Å². The number of ether oxygens (including phenoxy) is 1. The molecule has 0 bridgehead atoms. The van der Waals surface area contributed by atoms with Gasteiger partial charge in [-0.1, -0.05) is 24.3 Å². The second-order valence-corrected chi connectivity index (χ2v) is 7.06. The van der Waals surface area contributed by atoms with Crippen LogP contribution in [0.5, 0.6) is 5.75 Å². The molecule has 0 fully saturated rings. The predicted molar refractivity (Wildman–Crippen MR) is 103 cm³/mol. The van der Waals surface area contributed by atoms with E-state index in [4.69, 9.17) is 20.7 Å². The molecule has 8 nitrogen and oxygen atoms in total. The third-order valence-corrected chi connectivity index (χ3v) is 4.74. The number of benzene rings is 1. The van der Waals surface area contributed by atoms with E-state index < -0.39 is 30.4 Å². The number of nitrogens with two attached hydrogens (primary N) is 1. The summed E-state index contributed by atoms with van der Waals surface area (Å²) < 4.78 is 5.60. The van der Waals surface area contributed by atoms with Crippen molar-refractivity contribution in [3.05, 3.63) is 52.2 Å². The first-order valence-corrected chi connectivity index (χ1v) is 9.48. The molecular weight excluding hydrogens is 384 g/mol. The summed E-state index contributed by atoms with van der Waals surface area (Å²) in [5.74, 6) is -2.20. The average molecular weight is 406 g/mol. The highest BCUT2D eigenvalue weighted by atomic mass is 32.1. The Morgan fingerprint density at radius 3 is 2.50 bits per heavy atom. The summed E-state index contributed by atoms with van der Waals surface area (Å²) >= 11 is 1.42. The van der Waals surface area contributed by atoms with Crippen molar-refractivity contribution < 1.29 is 29.3 Å². The van der Waals surface area contributed by atoms with Gasteiger partial charge in [-0.2, -0.15) is 0 Å². The summed E-state index contributed by atoms with van der Waals surface area (Å²) in [6, 6.07) is 9.24. The van der Waals surface area contributed by atoms with Crippen LogP contribution < -0.4 is 10.5 Å². The van der Waals surface area contributed by atoms with Gasteiger partial charge in [-0.05, 0) is 23.9 Å². The predicted octanol–water partition coefficient (Wildman–Crippen LogP) is 2.10. The summed E-state index contributed by atoms with van der Waals surface area (Å²) in [7, 11) is 0. The molecule has 0 aliphatic rings. The van der Waals surface area contributed by atoms with Gasteiger partial charge in [-0.15, -0.1) is 11.3 Å². The molecule has 2 rings (SSSR count). The molecule has 1 heterocycles. The van der Waals surface area contributed by atoms with Crippen LogP contribution in [0.15, 0.2) is 41.8 Å². The van der Waals surface area contributed by atoms with Crippen molar-refractivity contribution in [3.8, 4) is 5.75 Å². The fourth-order valence-corrected chi connectivity index (χ4v) is 3.29. The number of carbonyl (C=O) groups is 3. The molecule has 0 saturated carbocycles. The Kier molecular flexibility index (Phi) is 7.97. The van der Waals surface area contributed by atoms with Gasteiger partial charge >= 0.3 is 11.9 Å². The highest BCUT2D eigenvalue weighted by Crippen LogP contribution is 2.26. The molecule has 28 heavy (non-hydrogen) atoms. The van der Waals surface area contributed by atoms with Gasteiger partial charge in [0.1, 0.15) is 18.3 Å². The van der Waals surface area contributed by atoms with E-state index in [9.17, 15) is 14.4 Å². The Morgan fingerprint density at radius 2 is 1.86 bits per heavy atom. The number of carbonyl (C=O) groups excluding carboxylic acids is 1. The van der Waals surface area contributed by atoms with E-state index in [-0.39, 0.29) is 19.6 Å². The van der Waals surface area contributed by atoms with Crippen LogP contribution in [-0.2, 0) is 20.9 Å². The van der Waals surface area contributed by atoms with Gasteiger partial charge in [0.25, 0.3) is 0 Å². The van der Waals surface area contributed by atoms with Crippen molar-refractivity contribution in [2.24, 2.45) is 5.73 Å². The van der Waals surface area contributed by atoms with Crippen LogP contribution in [0.3, 0.4) is 0 Å². The molecule has 1 atom stereocenters. The van der Waals surface area contributed by atoms with Gasteiger partial charge < -0.3 is 25.6 Å². The van der Waals surface area contributed by atoms with Crippen LogP contribution in [-0.4, -0.2) is 46.1 Å². The molecule has 0 aliphatic heterocycles. The van der Waals surface area contributed by atoms with Crippen LogP contribution in [0.1, 0.15) is 29.3 Å².